The van der Waals surface area contributed by atoms with Gasteiger partial charge in [-0.2, -0.15) is 0 Å². The molecule has 1 aromatic heterocycles. The highest BCUT2D eigenvalue weighted by molar-refractivity contribution is 8.13. The van der Waals surface area contributed by atoms with Gasteiger partial charge in [-0.3, -0.25) is 0 Å². The maximum Gasteiger partial charge on any atom is 0.232 e. The van der Waals surface area contributed by atoms with E-state index in [0.717, 1.165) is 16.5 Å². The number of hydrogen-bond donors (Lipinski definition) is 0. The van der Waals surface area contributed by atoms with E-state index in [2.05, 4.69) is 6.07 Å². The molecular formula is C13H14ClNO2S. The second-order valence-corrected chi connectivity index (χ2v) is 7.04. The van der Waals surface area contributed by atoms with Gasteiger partial charge in [-0.15, -0.1) is 0 Å². The van der Waals surface area contributed by atoms with Gasteiger partial charge < -0.3 is 4.57 Å². The minimum Gasteiger partial charge on any atom is -0.350 e. The second-order valence-electron chi connectivity index (χ2n) is 4.15. The fourth-order valence-corrected chi connectivity index (χ4v) is 2.61. The maximum atomic E-state index is 10.8. The van der Waals surface area contributed by atoms with Crippen LogP contribution in [-0.4, -0.2) is 18.7 Å². The zero-order valence-electron chi connectivity index (χ0n) is 10.0. The topological polar surface area (TPSA) is 39.1 Å². The van der Waals surface area contributed by atoms with E-state index in [0.29, 0.717) is 6.42 Å². The van der Waals surface area contributed by atoms with Crippen LogP contribution in [0.2, 0.25) is 0 Å². The van der Waals surface area contributed by atoms with Gasteiger partial charge in [0.15, 0.2) is 0 Å². The van der Waals surface area contributed by atoms with Gasteiger partial charge in [-0.05, 0) is 18.1 Å². The lowest BCUT2D eigenvalue weighted by atomic mass is 10.1. The van der Waals surface area contributed by atoms with Crippen LogP contribution in [0, 0.1) is 0 Å². The average Bonchev–Trinajstić information content (AvgIpc) is 2.62. The summed E-state index contributed by atoms with van der Waals surface area (Å²) in [6, 6.07) is 8.09. The van der Waals surface area contributed by atoms with Crippen molar-refractivity contribution >= 4 is 36.7 Å². The molecule has 5 heteroatoms. The van der Waals surface area contributed by atoms with Crippen LogP contribution in [-0.2, 0) is 16.1 Å². The molecule has 0 saturated carbocycles. The molecule has 0 aliphatic heterocycles. The Hall–Kier alpha value is -1.26. The van der Waals surface area contributed by atoms with Crippen molar-refractivity contribution in [3.05, 3.63) is 42.1 Å². The lowest BCUT2D eigenvalue weighted by molar-refractivity contribution is 0.609. The molecule has 0 atom stereocenters. The van der Waals surface area contributed by atoms with Crippen LogP contribution in [0.1, 0.15) is 12.0 Å². The monoisotopic (exact) mass is 283 g/mol. The summed E-state index contributed by atoms with van der Waals surface area (Å²) in [5, 5.41) is 1.16. The summed E-state index contributed by atoms with van der Waals surface area (Å²) in [5.41, 5.74) is 2.24. The van der Waals surface area contributed by atoms with Gasteiger partial charge in [0.05, 0.1) is 5.75 Å². The van der Waals surface area contributed by atoms with Crippen molar-refractivity contribution in [1.29, 1.82) is 0 Å². The smallest absolute Gasteiger partial charge is 0.232 e. The van der Waals surface area contributed by atoms with Gasteiger partial charge in [0, 0.05) is 34.8 Å². The molecule has 18 heavy (non-hydrogen) atoms. The molecule has 2 rings (SSSR count). The largest absolute Gasteiger partial charge is 0.350 e. The van der Waals surface area contributed by atoms with E-state index < -0.39 is 9.05 Å². The first-order chi connectivity index (χ1) is 8.47. The number of allylic oxidation sites excluding steroid dienone is 1. The first kappa shape index (κ1) is 13.2. The van der Waals surface area contributed by atoms with Gasteiger partial charge in [0.1, 0.15) is 0 Å². The molecule has 0 unspecified atom stereocenters. The van der Waals surface area contributed by atoms with Crippen LogP contribution >= 0.6 is 10.7 Å². The number of nitrogens with zero attached hydrogens (tertiary/aromatic N) is 1. The van der Waals surface area contributed by atoms with E-state index in [-0.39, 0.29) is 5.75 Å². The molecule has 3 nitrogen and oxygen atoms in total. The Bertz CT molecular complexity index is 686. The number of hydrogen-bond acceptors (Lipinski definition) is 2. The number of para-hydroxylation sites is 1. The Morgan fingerprint density at radius 2 is 2.06 bits per heavy atom. The molecule has 0 spiro atoms. The van der Waals surface area contributed by atoms with E-state index >= 15 is 0 Å². The van der Waals surface area contributed by atoms with Crippen molar-refractivity contribution in [1.82, 2.24) is 4.57 Å². The van der Waals surface area contributed by atoms with Crippen molar-refractivity contribution in [3.63, 3.8) is 0 Å². The Morgan fingerprint density at radius 1 is 1.33 bits per heavy atom. The minimum absolute atomic E-state index is 0.0319. The molecule has 0 bridgehead atoms. The highest BCUT2D eigenvalue weighted by Crippen LogP contribution is 2.21. The van der Waals surface area contributed by atoms with Crippen LogP contribution in [0.3, 0.4) is 0 Å². The van der Waals surface area contributed by atoms with E-state index in [4.69, 9.17) is 10.7 Å². The van der Waals surface area contributed by atoms with Gasteiger partial charge in [-0.1, -0.05) is 30.4 Å². The fourth-order valence-electron chi connectivity index (χ4n) is 1.92. The highest BCUT2D eigenvalue weighted by Gasteiger charge is 2.04. The minimum atomic E-state index is -3.40. The molecule has 0 aliphatic rings. The zero-order valence-corrected chi connectivity index (χ0v) is 11.6. The third-order valence-corrected chi connectivity index (χ3v) is 3.94. The van der Waals surface area contributed by atoms with Crippen LogP contribution in [0.5, 0.6) is 0 Å². The molecule has 2 aromatic rings. The van der Waals surface area contributed by atoms with Crippen molar-refractivity contribution in [2.45, 2.75) is 6.42 Å². The Kier molecular flexibility index (Phi) is 3.78. The van der Waals surface area contributed by atoms with Crippen molar-refractivity contribution in [3.8, 4) is 0 Å². The summed E-state index contributed by atoms with van der Waals surface area (Å²) in [5.74, 6) is -0.0319. The van der Waals surface area contributed by atoms with Crippen LogP contribution in [0.25, 0.3) is 17.0 Å². The maximum absolute atomic E-state index is 10.8. The summed E-state index contributed by atoms with van der Waals surface area (Å²) in [7, 11) is 3.74. The molecule has 0 aliphatic carbocycles. The number of benzene rings is 1. The van der Waals surface area contributed by atoms with Gasteiger partial charge in [0.2, 0.25) is 9.05 Å². The van der Waals surface area contributed by atoms with E-state index in [9.17, 15) is 8.42 Å². The number of halogens is 1. The lowest BCUT2D eigenvalue weighted by Crippen LogP contribution is -1.94. The SMILES string of the molecule is Cn1cc(/C=C/CCS(=O)(=O)Cl)c2ccccc21. The summed E-state index contributed by atoms with van der Waals surface area (Å²) in [4.78, 5) is 0. The Balaban J connectivity index is 2.20. The fraction of sp³-hybridized carbons (Fsp3) is 0.231. The molecule has 0 radical (unpaired) electrons. The van der Waals surface area contributed by atoms with Crippen LogP contribution in [0.15, 0.2) is 36.5 Å². The lowest BCUT2D eigenvalue weighted by Gasteiger charge is -1.93. The molecule has 0 amide bonds. The molecule has 0 saturated heterocycles. The van der Waals surface area contributed by atoms with E-state index in [1.54, 1.807) is 0 Å². The second kappa shape index (κ2) is 5.16. The Labute approximate surface area is 111 Å². The predicted octanol–water partition coefficient (Wildman–Crippen LogP) is 3.15. The number of aromatic nitrogens is 1. The number of aryl methyl sites for hydroxylation is 1. The summed E-state index contributed by atoms with van der Waals surface area (Å²) >= 11 is 0. The van der Waals surface area contributed by atoms with Crippen LogP contribution in [0.4, 0.5) is 0 Å². The van der Waals surface area contributed by atoms with E-state index in [1.807, 2.05) is 48.2 Å². The van der Waals surface area contributed by atoms with E-state index in [1.165, 1.54) is 0 Å². The molecule has 1 heterocycles. The zero-order chi connectivity index (χ0) is 13.2. The van der Waals surface area contributed by atoms with Crippen molar-refractivity contribution in [2.75, 3.05) is 5.75 Å². The van der Waals surface area contributed by atoms with Gasteiger partial charge in [-0.25, -0.2) is 8.42 Å². The predicted molar refractivity (Wildman–Crippen MR) is 76.2 cm³/mol. The molecular weight excluding hydrogens is 270 g/mol. The van der Waals surface area contributed by atoms with Crippen molar-refractivity contribution < 1.29 is 8.42 Å². The van der Waals surface area contributed by atoms with Gasteiger partial charge in [0.25, 0.3) is 0 Å². The Morgan fingerprint density at radius 3 is 2.78 bits per heavy atom. The average molecular weight is 284 g/mol. The van der Waals surface area contributed by atoms with Gasteiger partial charge >= 0.3 is 0 Å². The standard InChI is InChI=1S/C13H14ClNO2S/c1-15-10-11(6-4-5-9-18(14,16)17)12-7-2-3-8-13(12)15/h2-4,6-8,10H,5,9H2,1H3/b6-4+. The first-order valence-electron chi connectivity index (χ1n) is 5.60. The highest BCUT2D eigenvalue weighted by atomic mass is 35.7. The van der Waals surface area contributed by atoms with Crippen LogP contribution < -0.4 is 0 Å². The third kappa shape index (κ3) is 3.15. The molecule has 1 aromatic carbocycles. The first-order valence-corrected chi connectivity index (χ1v) is 8.08. The summed E-state index contributed by atoms with van der Waals surface area (Å²) < 4.78 is 23.6. The number of rotatable bonds is 4. The number of fused-ring (bicyclic) bond motifs is 1. The summed E-state index contributed by atoms with van der Waals surface area (Å²) in [6.07, 6.45) is 6.22. The normalized spacial score (nSPS) is 12.6. The van der Waals surface area contributed by atoms with Crippen molar-refractivity contribution in [2.24, 2.45) is 7.05 Å². The summed E-state index contributed by atoms with van der Waals surface area (Å²) in [6.45, 7) is 0. The molecule has 96 valence electrons. The third-order valence-electron chi connectivity index (χ3n) is 2.75. The molecule has 0 N–H and O–H groups in total. The molecule has 0 fully saturated rings. The quantitative estimate of drug-likeness (QED) is 0.809.